The Hall–Kier alpha value is -1.07. The van der Waals surface area contributed by atoms with Crippen LogP contribution in [-0.2, 0) is 10.0 Å². The summed E-state index contributed by atoms with van der Waals surface area (Å²) in [5, 5.41) is 8.44. The molecule has 1 rings (SSSR count). The fourth-order valence-electron chi connectivity index (χ4n) is 2.00. The number of para-hydroxylation sites is 1. The van der Waals surface area contributed by atoms with Crippen LogP contribution >= 0.6 is 0 Å². The standard InChI is InChI=1S/C14H24N2O2S/c1-11(2)7-6-8-12(3)16-13-9-4-5-10-14(13)19(15,17)18/h4-5,9-12,16H,6-8H2,1-3H3,(H2,15,17,18). The van der Waals surface area contributed by atoms with Gasteiger partial charge in [0.1, 0.15) is 4.90 Å². The number of benzene rings is 1. The number of hydrogen-bond donors (Lipinski definition) is 2. The summed E-state index contributed by atoms with van der Waals surface area (Å²) in [5.41, 5.74) is 0.585. The highest BCUT2D eigenvalue weighted by Crippen LogP contribution is 2.21. The van der Waals surface area contributed by atoms with Crippen molar-refractivity contribution in [3.8, 4) is 0 Å². The predicted molar refractivity (Wildman–Crippen MR) is 79.6 cm³/mol. The maximum atomic E-state index is 11.5. The van der Waals surface area contributed by atoms with E-state index in [1.54, 1.807) is 18.2 Å². The molecule has 1 unspecified atom stereocenters. The zero-order valence-electron chi connectivity index (χ0n) is 11.9. The van der Waals surface area contributed by atoms with Crippen LogP contribution in [0.1, 0.15) is 40.0 Å². The Bertz CT molecular complexity index is 498. The topological polar surface area (TPSA) is 72.2 Å². The zero-order valence-corrected chi connectivity index (χ0v) is 12.7. The lowest BCUT2D eigenvalue weighted by molar-refractivity contribution is 0.520. The average molecular weight is 284 g/mol. The molecule has 1 aromatic rings. The lowest BCUT2D eigenvalue weighted by Gasteiger charge is -2.17. The molecule has 0 aliphatic carbocycles. The fraction of sp³-hybridized carbons (Fsp3) is 0.571. The second-order valence-electron chi connectivity index (χ2n) is 5.41. The Kier molecular flexibility index (Phi) is 5.82. The molecule has 0 saturated carbocycles. The Morgan fingerprint density at radius 1 is 1.16 bits per heavy atom. The van der Waals surface area contributed by atoms with E-state index in [9.17, 15) is 8.42 Å². The van der Waals surface area contributed by atoms with Gasteiger partial charge in [0.15, 0.2) is 0 Å². The van der Waals surface area contributed by atoms with Crippen molar-refractivity contribution in [2.24, 2.45) is 11.1 Å². The molecule has 1 atom stereocenters. The van der Waals surface area contributed by atoms with Gasteiger partial charge in [0.2, 0.25) is 10.0 Å². The van der Waals surface area contributed by atoms with Crippen molar-refractivity contribution in [2.45, 2.75) is 51.0 Å². The molecular formula is C14H24N2O2S. The first kappa shape index (κ1) is 16.0. The van der Waals surface area contributed by atoms with Gasteiger partial charge in [-0.05, 0) is 31.4 Å². The van der Waals surface area contributed by atoms with Gasteiger partial charge in [-0.3, -0.25) is 0 Å². The predicted octanol–water partition coefficient (Wildman–Crippen LogP) is 2.96. The first-order valence-electron chi connectivity index (χ1n) is 6.69. The van der Waals surface area contributed by atoms with Crippen LogP contribution < -0.4 is 10.5 Å². The van der Waals surface area contributed by atoms with Gasteiger partial charge >= 0.3 is 0 Å². The third-order valence-electron chi connectivity index (χ3n) is 3.01. The van der Waals surface area contributed by atoms with Gasteiger partial charge < -0.3 is 5.32 Å². The van der Waals surface area contributed by atoms with Crippen molar-refractivity contribution in [3.63, 3.8) is 0 Å². The van der Waals surface area contributed by atoms with Crippen molar-refractivity contribution in [2.75, 3.05) is 5.32 Å². The summed E-state index contributed by atoms with van der Waals surface area (Å²) in [6.07, 6.45) is 3.32. The smallest absolute Gasteiger partial charge is 0.240 e. The molecule has 0 saturated heterocycles. The zero-order chi connectivity index (χ0) is 14.5. The highest BCUT2D eigenvalue weighted by molar-refractivity contribution is 7.89. The Morgan fingerprint density at radius 3 is 2.37 bits per heavy atom. The molecule has 4 nitrogen and oxygen atoms in total. The molecule has 108 valence electrons. The van der Waals surface area contributed by atoms with Crippen LogP contribution in [0.3, 0.4) is 0 Å². The van der Waals surface area contributed by atoms with E-state index in [0.29, 0.717) is 11.6 Å². The van der Waals surface area contributed by atoms with Gasteiger partial charge in [-0.2, -0.15) is 0 Å². The van der Waals surface area contributed by atoms with Crippen molar-refractivity contribution in [3.05, 3.63) is 24.3 Å². The number of hydrogen-bond acceptors (Lipinski definition) is 3. The normalized spacial score (nSPS) is 13.5. The second kappa shape index (κ2) is 6.91. The summed E-state index contributed by atoms with van der Waals surface area (Å²) < 4.78 is 23.0. The average Bonchev–Trinajstić information content (AvgIpc) is 2.27. The van der Waals surface area contributed by atoms with Crippen molar-refractivity contribution in [1.29, 1.82) is 0 Å². The van der Waals surface area contributed by atoms with Gasteiger partial charge in [-0.15, -0.1) is 0 Å². The van der Waals surface area contributed by atoms with Crippen molar-refractivity contribution >= 4 is 15.7 Å². The molecular weight excluding hydrogens is 260 g/mol. The van der Waals surface area contributed by atoms with Gasteiger partial charge in [-0.1, -0.05) is 38.8 Å². The molecule has 0 aliphatic rings. The lowest BCUT2D eigenvalue weighted by Crippen LogP contribution is -2.20. The number of sulfonamides is 1. The van der Waals surface area contributed by atoms with Gasteiger partial charge in [0, 0.05) is 6.04 Å². The van der Waals surface area contributed by atoms with E-state index in [4.69, 9.17) is 5.14 Å². The monoisotopic (exact) mass is 284 g/mol. The van der Waals surface area contributed by atoms with Crippen LogP contribution in [0.4, 0.5) is 5.69 Å². The molecule has 0 heterocycles. The number of anilines is 1. The minimum Gasteiger partial charge on any atom is -0.381 e. The summed E-state index contributed by atoms with van der Waals surface area (Å²) in [5.74, 6) is 0.698. The van der Waals surface area contributed by atoms with E-state index in [2.05, 4.69) is 26.1 Å². The number of rotatable bonds is 7. The fourth-order valence-corrected chi connectivity index (χ4v) is 2.71. The van der Waals surface area contributed by atoms with Crippen LogP contribution in [0.2, 0.25) is 0 Å². The second-order valence-corrected chi connectivity index (χ2v) is 6.94. The highest BCUT2D eigenvalue weighted by atomic mass is 32.2. The molecule has 0 bridgehead atoms. The molecule has 0 amide bonds. The summed E-state index contributed by atoms with van der Waals surface area (Å²) in [6, 6.07) is 6.98. The largest absolute Gasteiger partial charge is 0.381 e. The number of nitrogens with one attached hydrogen (secondary N) is 1. The van der Waals surface area contributed by atoms with Gasteiger partial charge in [0.05, 0.1) is 5.69 Å². The first-order valence-corrected chi connectivity index (χ1v) is 8.23. The molecule has 0 fully saturated rings. The SMILES string of the molecule is CC(C)CCCC(C)Nc1ccccc1S(N)(=O)=O. The summed E-state index contributed by atoms with van der Waals surface area (Å²) in [6.45, 7) is 6.46. The van der Waals surface area contributed by atoms with E-state index in [1.807, 2.05) is 0 Å². The molecule has 19 heavy (non-hydrogen) atoms. The van der Waals surface area contributed by atoms with E-state index >= 15 is 0 Å². The van der Waals surface area contributed by atoms with E-state index in [-0.39, 0.29) is 10.9 Å². The molecule has 3 N–H and O–H groups in total. The number of primary sulfonamides is 1. The Morgan fingerprint density at radius 2 is 1.79 bits per heavy atom. The maximum Gasteiger partial charge on any atom is 0.240 e. The Labute approximate surface area is 116 Å². The minimum atomic E-state index is -3.68. The number of nitrogens with two attached hydrogens (primary N) is 1. The maximum absolute atomic E-state index is 11.5. The summed E-state index contributed by atoms with van der Waals surface area (Å²) in [4.78, 5) is 0.158. The van der Waals surface area contributed by atoms with E-state index in [0.717, 1.165) is 12.8 Å². The third-order valence-corrected chi connectivity index (χ3v) is 3.98. The van der Waals surface area contributed by atoms with Crippen LogP contribution in [0, 0.1) is 5.92 Å². The van der Waals surface area contributed by atoms with Crippen molar-refractivity contribution in [1.82, 2.24) is 0 Å². The van der Waals surface area contributed by atoms with Crippen LogP contribution in [0.15, 0.2) is 29.2 Å². The van der Waals surface area contributed by atoms with E-state index < -0.39 is 10.0 Å². The molecule has 0 radical (unpaired) electrons. The van der Waals surface area contributed by atoms with Gasteiger partial charge in [-0.25, -0.2) is 13.6 Å². The molecule has 5 heteroatoms. The van der Waals surface area contributed by atoms with E-state index in [1.165, 1.54) is 12.5 Å². The summed E-state index contributed by atoms with van der Waals surface area (Å²) in [7, 11) is -3.68. The lowest BCUT2D eigenvalue weighted by atomic mass is 10.0. The summed E-state index contributed by atoms with van der Waals surface area (Å²) >= 11 is 0. The van der Waals surface area contributed by atoms with Crippen LogP contribution in [0.25, 0.3) is 0 Å². The molecule has 0 aliphatic heterocycles. The molecule has 0 aromatic heterocycles. The Balaban J connectivity index is 2.67. The van der Waals surface area contributed by atoms with Crippen LogP contribution in [0.5, 0.6) is 0 Å². The molecule has 0 spiro atoms. The van der Waals surface area contributed by atoms with Crippen LogP contribution in [-0.4, -0.2) is 14.5 Å². The minimum absolute atomic E-state index is 0.158. The van der Waals surface area contributed by atoms with Crippen molar-refractivity contribution < 1.29 is 8.42 Å². The highest BCUT2D eigenvalue weighted by Gasteiger charge is 2.14. The third kappa shape index (κ3) is 5.61. The first-order chi connectivity index (χ1) is 8.80. The molecule has 1 aromatic carbocycles. The quantitative estimate of drug-likeness (QED) is 0.808. The van der Waals surface area contributed by atoms with Gasteiger partial charge in [0.25, 0.3) is 0 Å².